The van der Waals surface area contributed by atoms with Gasteiger partial charge in [-0.3, -0.25) is 9.36 Å². The number of hydrogen-bond donors (Lipinski definition) is 2. The van der Waals surface area contributed by atoms with Crippen LogP contribution in [0.5, 0.6) is 11.5 Å². The number of benzene rings is 3. The smallest absolute Gasteiger partial charge is 0.255 e. The summed E-state index contributed by atoms with van der Waals surface area (Å²) in [4.78, 5) is 18.4. The van der Waals surface area contributed by atoms with Crippen LogP contribution < -0.4 is 20.1 Å². The third-order valence-electron chi connectivity index (χ3n) is 5.93. The molecule has 34 heavy (non-hydrogen) atoms. The van der Waals surface area contributed by atoms with E-state index >= 15 is 0 Å². The lowest BCUT2D eigenvalue weighted by atomic mass is 9.94. The lowest BCUT2D eigenvalue weighted by Gasteiger charge is -2.30. The minimum Gasteiger partial charge on any atom is -0.497 e. The van der Waals surface area contributed by atoms with Gasteiger partial charge < -0.3 is 20.1 Å². The molecule has 1 aliphatic heterocycles. The highest BCUT2D eigenvalue weighted by Gasteiger charge is 2.34. The molecule has 172 valence electrons. The van der Waals surface area contributed by atoms with Gasteiger partial charge in [-0.2, -0.15) is 0 Å². The van der Waals surface area contributed by atoms with Crippen molar-refractivity contribution in [2.45, 2.75) is 19.9 Å². The fourth-order valence-electron chi connectivity index (χ4n) is 4.36. The second-order valence-electron chi connectivity index (χ2n) is 8.05. The number of para-hydroxylation sites is 2. The molecule has 0 saturated heterocycles. The molecular formula is C27H26N4O3. The first-order valence-electron chi connectivity index (χ1n) is 11.2. The van der Waals surface area contributed by atoms with E-state index in [9.17, 15) is 4.79 Å². The number of anilines is 2. The predicted octanol–water partition coefficient (Wildman–Crippen LogP) is 5.37. The number of ether oxygens (including phenoxy) is 2. The fraction of sp³-hybridized carbons (Fsp3) is 0.185. The monoisotopic (exact) mass is 454 g/mol. The maximum Gasteiger partial charge on any atom is 0.255 e. The molecule has 0 fully saturated rings. The Balaban J connectivity index is 1.60. The minimum absolute atomic E-state index is 0.183. The average molecular weight is 455 g/mol. The summed E-state index contributed by atoms with van der Waals surface area (Å²) < 4.78 is 12.9. The SMILES string of the molecule is CCOc1ccc([C@H]2C(C(=O)Nc3ccc(OC)cc3)=C(C)Nc3nc4ccccc4n32)cc1. The molecule has 5 rings (SSSR count). The van der Waals surface area contributed by atoms with E-state index in [0.29, 0.717) is 23.8 Å². The van der Waals surface area contributed by atoms with Crippen LogP contribution in [-0.4, -0.2) is 29.2 Å². The van der Waals surface area contributed by atoms with Crippen LogP contribution in [0.25, 0.3) is 11.0 Å². The summed E-state index contributed by atoms with van der Waals surface area (Å²) in [7, 11) is 1.61. The van der Waals surface area contributed by atoms with Gasteiger partial charge in [0.1, 0.15) is 11.5 Å². The largest absolute Gasteiger partial charge is 0.497 e. The van der Waals surface area contributed by atoms with Gasteiger partial charge in [0.25, 0.3) is 5.91 Å². The van der Waals surface area contributed by atoms with E-state index < -0.39 is 0 Å². The zero-order valence-corrected chi connectivity index (χ0v) is 19.3. The number of carbonyl (C=O) groups is 1. The lowest BCUT2D eigenvalue weighted by Crippen LogP contribution is -2.30. The predicted molar refractivity (Wildman–Crippen MR) is 133 cm³/mol. The molecule has 0 unspecified atom stereocenters. The number of carbonyl (C=O) groups excluding carboxylic acids is 1. The molecular weight excluding hydrogens is 428 g/mol. The van der Waals surface area contributed by atoms with Crippen molar-refractivity contribution in [1.29, 1.82) is 0 Å². The number of fused-ring (bicyclic) bond motifs is 3. The molecule has 2 N–H and O–H groups in total. The second kappa shape index (κ2) is 8.94. The normalized spacial score (nSPS) is 15.0. The van der Waals surface area contributed by atoms with Gasteiger partial charge in [-0.1, -0.05) is 24.3 Å². The third-order valence-corrected chi connectivity index (χ3v) is 5.93. The number of allylic oxidation sites excluding steroid dienone is 1. The van der Waals surface area contributed by atoms with Crippen molar-refractivity contribution in [2.75, 3.05) is 24.4 Å². The lowest BCUT2D eigenvalue weighted by molar-refractivity contribution is -0.113. The van der Waals surface area contributed by atoms with E-state index in [4.69, 9.17) is 14.5 Å². The van der Waals surface area contributed by atoms with Gasteiger partial charge in [0.2, 0.25) is 5.95 Å². The van der Waals surface area contributed by atoms with E-state index in [0.717, 1.165) is 33.8 Å². The Morgan fingerprint density at radius 2 is 1.74 bits per heavy atom. The van der Waals surface area contributed by atoms with Gasteiger partial charge >= 0.3 is 0 Å². The molecule has 3 aromatic carbocycles. The van der Waals surface area contributed by atoms with Crippen LogP contribution in [0.3, 0.4) is 0 Å². The van der Waals surface area contributed by atoms with E-state index in [-0.39, 0.29) is 11.9 Å². The van der Waals surface area contributed by atoms with Crippen LogP contribution >= 0.6 is 0 Å². The summed E-state index contributed by atoms with van der Waals surface area (Å²) in [6.07, 6.45) is 0. The second-order valence-corrected chi connectivity index (χ2v) is 8.05. The first kappa shape index (κ1) is 21.6. The van der Waals surface area contributed by atoms with Crippen molar-refractivity contribution in [3.05, 3.63) is 89.6 Å². The Morgan fingerprint density at radius 3 is 2.44 bits per heavy atom. The Kier molecular flexibility index (Phi) is 5.67. The molecule has 7 nitrogen and oxygen atoms in total. The van der Waals surface area contributed by atoms with E-state index in [1.165, 1.54) is 0 Å². The first-order valence-corrected chi connectivity index (χ1v) is 11.2. The summed E-state index contributed by atoms with van der Waals surface area (Å²) in [5.41, 5.74) is 4.85. The molecule has 0 aliphatic carbocycles. The van der Waals surface area contributed by atoms with Gasteiger partial charge in [0.15, 0.2) is 0 Å². The topological polar surface area (TPSA) is 77.4 Å². The highest BCUT2D eigenvalue weighted by molar-refractivity contribution is 6.06. The Labute approximate surface area is 198 Å². The van der Waals surface area contributed by atoms with Crippen molar-refractivity contribution in [3.63, 3.8) is 0 Å². The molecule has 0 radical (unpaired) electrons. The van der Waals surface area contributed by atoms with Crippen LogP contribution in [0.15, 0.2) is 84.1 Å². The summed E-state index contributed by atoms with van der Waals surface area (Å²) in [5, 5.41) is 6.39. The molecule has 7 heteroatoms. The molecule has 0 spiro atoms. The van der Waals surface area contributed by atoms with Gasteiger partial charge in [-0.15, -0.1) is 0 Å². The molecule has 0 bridgehead atoms. The van der Waals surface area contributed by atoms with Crippen molar-refractivity contribution in [2.24, 2.45) is 0 Å². The van der Waals surface area contributed by atoms with Crippen molar-refractivity contribution in [3.8, 4) is 11.5 Å². The molecule has 1 aliphatic rings. The van der Waals surface area contributed by atoms with Crippen LogP contribution in [-0.2, 0) is 4.79 Å². The average Bonchev–Trinajstić information content (AvgIpc) is 3.22. The zero-order valence-electron chi connectivity index (χ0n) is 19.3. The number of amides is 1. The van der Waals surface area contributed by atoms with Gasteiger partial charge in [-0.25, -0.2) is 4.98 Å². The van der Waals surface area contributed by atoms with Gasteiger partial charge in [0, 0.05) is 11.4 Å². The first-order chi connectivity index (χ1) is 16.6. The maximum absolute atomic E-state index is 13.7. The molecule has 1 amide bonds. The Hall–Kier alpha value is -4.26. The summed E-state index contributed by atoms with van der Waals surface area (Å²) >= 11 is 0. The number of nitrogens with zero attached hydrogens (tertiary/aromatic N) is 2. The standard InChI is InChI=1S/C27H26N4O3/c1-4-34-21-13-9-18(10-14-21)25-24(26(32)29-19-11-15-20(33-3)16-12-19)17(2)28-27-30-22-7-5-6-8-23(22)31(25)27/h5-16,25H,4H2,1-3H3,(H,28,30)(H,29,32)/t25-/m0/s1. The summed E-state index contributed by atoms with van der Waals surface area (Å²) in [5.74, 6) is 2.05. The highest BCUT2D eigenvalue weighted by atomic mass is 16.5. The van der Waals surface area contributed by atoms with Gasteiger partial charge in [-0.05, 0) is 67.9 Å². The van der Waals surface area contributed by atoms with E-state index in [1.807, 2.05) is 86.6 Å². The van der Waals surface area contributed by atoms with Crippen LogP contribution in [0.1, 0.15) is 25.5 Å². The van der Waals surface area contributed by atoms with Crippen LogP contribution in [0, 0.1) is 0 Å². The number of methoxy groups -OCH3 is 1. The van der Waals surface area contributed by atoms with E-state index in [1.54, 1.807) is 7.11 Å². The van der Waals surface area contributed by atoms with Crippen molar-refractivity contribution in [1.82, 2.24) is 9.55 Å². The van der Waals surface area contributed by atoms with Gasteiger partial charge in [0.05, 0.1) is 36.4 Å². The molecule has 1 atom stereocenters. The Morgan fingerprint density at radius 1 is 1.03 bits per heavy atom. The quantitative estimate of drug-likeness (QED) is 0.410. The zero-order chi connectivity index (χ0) is 23.7. The minimum atomic E-state index is -0.363. The highest BCUT2D eigenvalue weighted by Crippen LogP contribution is 2.40. The number of aromatic nitrogens is 2. The van der Waals surface area contributed by atoms with Crippen molar-refractivity contribution >= 4 is 28.6 Å². The van der Waals surface area contributed by atoms with Crippen molar-refractivity contribution < 1.29 is 14.3 Å². The fourth-order valence-corrected chi connectivity index (χ4v) is 4.36. The molecule has 1 aromatic heterocycles. The third kappa shape index (κ3) is 3.85. The number of rotatable bonds is 6. The molecule has 4 aromatic rings. The molecule has 0 saturated carbocycles. The Bertz CT molecular complexity index is 1370. The van der Waals surface area contributed by atoms with Crippen LogP contribution in [0.2, 0.25) is 0 Å². The molecule has 2 heterocycles. The summed E-state index contributed by atoms with van der Waals surface area (Å²) in [6.45, 7) is 4.46. The maximum atomic E-state index is 13.7. The summed E-state index contributed by atoms with van der Waals surface area (Å²) in [6, 6.07) is 22.8. The number of hydrogen-bond acceptors (Lipinski definition) is 5. The van der Waals surface area contributed by atoms with Crippen LogP contribution in [0.4, 0.5) is 11.6 Å². The van der Waals surface area contributed by atoms with E-state index in [2.05, 4.69) is 15.2 Å². The number of nitrogens with one attached hydrogen (secondary N) is 2. The number of imidazole rings is 1.